The molecule has 4 atom stereocenters. The number of carbonyl (C=O) groups is 3. The highest BCUT2D eigenvalue weighted by atomic mass is 79.9. The number of nitrogens with zero attached hydrogens (tertiary/aromatic N) is 2. The molecule has 9 heteroatoms. The number of rotatable bonds is 4. The average molecular weight is 493 g/mol. The molecule has 3 rings (SSSR count). The van der Waals surface area contributed by atoms with Crippen LogP contribution in [-0.2, 0) is 19.9 Å². The Balaban J connectivity index is 1.93. The quantitative estimate of drug-likeness (QED) is 0.593. The van der Waals surface area contributed by atoms with E-state index < -0.39 is 29.1 Å². The zero-order valence-corrected chi connectivity index (χ0v) is 20.0. The fraction of sp³-hybridized carbons (Fsp3) is 0.545. The van der Waals surface area contributed by atoms with Gasteiger partial charge in [0.2, 0.25) is 11.8 Å². The maximum atomic E-state index is 13.4. The highest BCUT2D eigenvalue weighted by Gasteiger charge is 2.48. The van der Waals surface area contributed by atoms with E-state index in [2.05, 4.69) is 31.6 Å². The third-order valence-corrected chi connectivity index (χ3v) is 6.30. The van der Waals surface area contributed by atoms with E-state index in [1.165, 1.54) is 11.8 Å². The number of nitrogens with one attached hydrogen (secondary N) is 2. The zero-order valence-electron chi connectivity index (χ0n) is 18.4. The minimum absolute atomic E-state index is 0.111. The van der Waals surface area contributed by atoms with Gasteiger partial charge in [0.05, 0.1) is 12.1 Å². The number of aliphatic hydroxyl groups is 1. The summed E-state index contributed by atoms with van der Waals surface area (Å²) in [5.74, 6) is -0.541. The van der Waals surface area contributed by atoms with Crippen LogP contribution < -0.4 is 10.6 Å². The van der Waals surface area contributed by atoms with Crippen LogP contribution in [0.3, 0.4) is 0 Å². The number of benzene rings is 1. The molecule has 0 saturated carbocycles. The maximum Gasteiger partial charge on any atom is 0.257 e. The lowest BCUT2D eigenvalue weighted by atomic mass is 9.85. The van der Waals surface area contributed by atoms with Gasteiger partial charge in [-0.1, -0.05) is 48.8 Å². The maximum absolute atomic E-state index is 13.4. The lowest BCUT2D eigenvalue weighted by molar-refractivity contribution is -0.139. The molecule has 1 aromatic carbocycles. The zero-order chi connectivity index (χ0) is 23.1. The highest BCUT2D eigenvalue weighted by Crippen LogP contribution is 2.33. The van der Waals surface area contributed by atoms with Gasteiger partial charge in [-0.2, -0.15) is 0 Å². The first kappa shape index (κ1) is 23.4. The van der Waals surface area contributed by atoms with Gasteiger partial charge in [-0.25, -0.2) is 4.99 Å². The summed E-state index contributed by atoms with van der Waals surface area (Å²) in [6, 6.07) is 6.00. The third-order valence-electron chi connectivity index (χ3n) is 5.77. The van der Waals surface area contributed by atoms with Crippen molar-refractivity contribution in [2.45, 2.75) is 64.8 Å². The molecule has 3 N–H and O–H groups in total. The van der Waals surface area contributed by atoms with Gasteiger partial charge in [0.25, 0.3) is 5.91 Å². The minimum atomic E-state index is -1.13. The van der Waals surface area contributed by atoms with Gasteiger partial charge >= 0.3 is 0 Å². The first-order chi connectivity index (χ1) is 14.3. The Bertz CT molecular complexity index is 924. The second kappa shape index (κ2) is 8.35. The molecule has 3 amide bonds. The Kier molecular flexibility index (Phi) is 6.30. The summed E-state index contributed by atoms with van der Waals surface area (Å²) in [5, 5.41) is 15.9. The number of hydrogen-bond acceptors (Lipinski definition) is 5. The predicted octanol–water partition coefficient (Wildman–Crippen LogP) is 1.71. The summed E-state index contributed by atoms with van der Waals surface area (Å²) < 4.78 is 0.893. The first-order valence-corrected chi connectivity index (χ1v) is 11.0. The van der Waals surface area contributed by atoms with Gasteiger partial charge in [0, 0.05) is 24.4 Å². The van der Waals surface area contributed by atoms with Crippen molar-refractivity contribution >= 4 is 39.5 Å². The molecular weight excluding hydrogens is 464 g/mol. The summed E-state index contributed by atoms with van der Waals surface area (Å²) in [7, 11) is 0. The predicted molar refractivity (Wildman–Crippen MR) is 120 cm³/mol. The van der Waals surface area contributed by atoms with Crippen LogP contribution in [0, 0.1) is 5.41 Å². The van der Waals surface area contributed by atoms with Crippen molar-refractivity contribution in [3.8, 4) is 0 Å². The van der Waals surface area contributed by atoms with E-state index in [4.69, 9.17) is 0 Å². The number of hydrogen-bond donors (Lipinski definition) is 3. The van der Waals surface area contributed by atoms with E-state index in [0.29, 0.717) is 5.84 Å². The molecule has 168 valence electrons. The molecule has 0 aromatic heterocycles. The van der Waals surface area contributed by atoms with E-state index in [9.17, 15) is 19.5 Å². The van der Waals surface area contributed by atoms with Crippen LogP contribution in [0.1, 0.15) is 46.6 Å². The van der Waals surface area contributed by atoms with E-state index in [1.807, 2.05) is 45.0 Å². The number of likely N-dealkylation sites (tertiary alicyclic amines) is 1. The lowest BCUT2D eigenvalue weighted by Crippen LogP contribution is -2.57. The first-order valence-electron chi connectivity index (χ1n) is 10.3. The Labute approximate surface area is 190 Å². The molecule has 8 nitrogen and oxygen atoms in total. The summed E-state index contributed by atoms with van der Waals surface area (Å²) in [6.45, 7) is 8.81. The van der Waals surface area contributed by atoms with Crippen molar-refractivity contribution in [1.29, 1.82) is 0 Å². The fourth-order valence-corrected chi connectivity index (χ4v) is 4.28. The third kappa shape index (κ3) is 4.67. The van der Waals surface area contributed by atoms with Gasteiger partial charge in [-0.15, -0.1) is 0 Å². The monoisotopic (exact) mass is 492 g/mol. The van der Waals surface area contributed by atoms with Gasteiger partial charge < -0.3 is 20.6 Å². The SMILES string of the molecule is CC(=O)NC(C(=O)N1C[C@H](O)C[C@@H]1C1=N[C@@](C)(c2ccc(Br)cc2)C(=O)N1)C(C)(C)C. The minimum Gasteiger partial charge on any atom is -0.391 e. The van der Waals surface area contributed by atoms with Crippen molar-refractivity contribution in [2.75, 3.05) is 6.54 Å². The van der Waals surface area contributed by atoms with Gasteiger partial charge in [-0.05, 0) is 30.0 Å². The molecule has 2 aliphatic heterocycles. The number of β-amino-alcohol motifs (C(OH)–C–C–N with tert-alkyl or cyclic N) is 1. The smallest absolute Gasteiger partial charge is 0.257 e. The molecule has 0 aliphatic carbocycles. The van der Waals surface area contributed by atoms with Crippen LogP contribution in [0.15, 0.2) is 33.7 Å². The summed E-state index contributed by atoms with van der Waals surface area (Å²) >= 11 is 3.39. The van der Waals surface area contributed by atoms with Crippen LogP contribution in [-0.4, -0.2) is 58.3 Å². The van der Waals surface area contributed by atoms with Crippen LogP contribution in [0.2, 0.25) is 0 Å². The van der Waals surface area contributed by atoms with Crippen LogP contribution >= 0.6 is 15.9 Å². The van der Waals surface area contributed by atoms with Crippen molar-refractivity contribution in [2.24, 2.45) is 10.4 Å². The van der Waals surface area contributed by atoms with Crippen LogP contribution in [0.4, 0.5) is 0 Å². The Morgan fingerprint density at radius 2 is 1.94 bits per heavy atom. The molecule has 1 unspecified atom stereocenters. The fourth-order valence-electron chi connectivity index (χ4n) is 4.02. The van der Waals surface area contributed by atoms with Crippen molar-refractivity contribution in [3.63, 3.8) is 0 Å². The molecule has 1 saturated heterocycles. The highest BCUT2D eigenvalue weighted by molar-refractivity contribution is 9.10. The van der Waals surface area contributed by atoms with Crippen molar-refractivity contribution in [1.82, 2.24) is 15.5 Å². The molecule has 2 aliphatic rings. The normalized spacial score (nSPS) is 27.0. The molecule has 31 heavy (non-hydrogen) atoms. The molecule has 1 fully saturated rings. The number of carbonyl (C=O) groups excluding carboxylic acids is 3. The van der Waals surface area contributed by atoms with Crippen LogP contribution in [0.25, 0.3) is 0 Å². The largest absolute Gasteiger partial charge is 0.391 e. The summed E-state index contributed by atoms with van der Waals surface area (Å²) in [5.41, 5.74) is -0.933. The second-order valence-electron chi connectivity index (χ2n) is 9.43. The molecule has 0 bridgehead atoms. The van der Waals surface area contributed by atoms with E-state index in [1.54, 1.807) is 6.92 Å². The van der Waals surface area contributed by atoms with Crippen molar-refractivity contribution in [3.05, 3.63) is 34.3 Å². The van der Waals surface area contributed by atoms with E-state index in [0.717, 1.165) is 10.0 Å². The number of aliphatic hydroxyl groups excluding tert-OH is 1. The molecule has 0 radical (unpaired) electrons. The van der Waals surface area contributed by atoms with Crippen LogP contribution in [0.5, 0.6) is 0 Å². The summed E-state index contributed by atoms with van der Waals surface area (Å²) in [4.78, 5) is 44.2. The number of amidine groups is 1. The number of amides is 3. The van der Waals surface area contributed by atoms with Gasteiger partial charge in [-0.3, -0.25) is 14.4 Å². The number of aliphatic imine (C=N–C) groups is 1. The average Bonchev–Trinajstić information content (AvgIpc) is 3.19. The molecule has 1 aromatic rings. The van der Waals surface area contributed by atoms with E-state index >= 15 is 0 Å². The second-order valence-corrected chi connectivity index (χ2v) is 10.3. The van der Waals surface area contributed by atoms with Gasteiger partial charge in [0.15, 0.2) is 5.54 Å². The molecular formula is C22H29BrN4O4. The lowest BCUT2D eigenvalue weighted by Gasteiger charge is -2.35. The Hall–Kier alpha value is -2.26. The Morgan fingerprint density at radius 1 is 1.32 bits per heavy atom. The molecule has 0 spiro atoms. The standard InChI is InChI=1S/C22H29BrN4O4/c1-12(28)24-17(21(2,3)4)19(30)27-11-15(29)10-16(27)18-25-20(31)22(5,26-18)13-6-8-14(23)9-7-13/h6-9,15-17,29H,10-11H2,1-5H3,(H,24,28)(H,25,26,31)/t15-,16-,17?,22+/m1/s1. The number of halogens is 1. The topological polar surface area (TPSA) is 111 Å². The Morgan fingerprint density at radius 3 is 2.48 bits per heavy atom. The summed E-state index contributed by atoms with van der Waals surface area (Å²) in [6.07, 6.45) is -0.482. The van der Waals surface area contributed by atoms with Gasteiger partial charge in [0.1, 0.15) is 11.9 Å². The van der Waals surface area contributed by atoms with E-state index in [-0.39, 0.29) is 30.7 Å². The van der Waals surface area contributed by atoms with Crippen molar-refractivity contribution < 1.29 is 19.5 Å². The molecule has 2 heterocycles.